The van der Waals surface area contributed by atoms with Gasteiger partial charge in [-0.25, -0.2) is 17.8 Å². The topological polar surface area (TPSA) is 151 Å². The third-order valence-corrected chi connectivity index (χ3v) is 11.5. The number of carboxylic acid groups (broad SMARTS) is 1. The zero-order chi connectivity index (χ0) is 34.7. The number of rotatable bonds is 4. The Morgan fingerprint density at radius 2 is 1.90 bits per heavy atom. The Hall–Kier alpha value is -4.38. The lowest BCUT2D eigenvalue weighted by Crippen LogP contribution is -2.40. The summed E-state index contributed by atoms with van der Waals surface area (Å²) in [6, 6.07) is 14.7. The van der Waals surface area contributed by atoms with Crippen LogP contribution < -0.4 is 5.73 Å². The number of nitrogens with zero attached hydrogens (tertiary/aromatic N) is 3. The summed E-state index contributed by atoms with van der Waals surface area (Å²) >= 11 is 0. The molecule has 4 N–H and O–H groups in total. The number of aliphatic imine (C=N–C) groups is 2. The normalized spacial score (nSPS) is 21.2. The number of benzene rings is 2. The van der Waals surface area contributed by atoms with Gasteiger partial charge in [0.15, 0.2) is 15.7 Å². The van der Waals surface area contributed by atoms with Crippen molar-refractivity contribution in [1.29, 1.82) is 0 Å². The first-order chi connectivity index (χ1) is 22.7. The van der Waals surface area contributed by atoms with Crippen LogP contribution in [0.1, 0.15) is 80.0 Å². The molecule has 0 fully saturated rings. The smallest absolute Gasteiger partial charge is 0.303 e. The van der Waals surface area contributed by atoms with E-state index in [4.69, 9.17) is 10.7 Å². The Kier molecular flexibility index (Phi) is 10.2. The van der Waals surface area contributed by atoms with Gasteiger partial charge < -0.3 is 15.8 Å². The molecule has 2 aromatic carbocycles. The van der Waals surface area contributed by atoms with Crippen molar-refractivity contribution in [2.45, 2.75) is 71.1 Å². The van der Waals surface area contributed by atoms with Crippen molar-refractivity contribution < 1.29 is 22.7 Å². The number of nitrogens with two attached hydrogens (primary N) is 1. The van der Waals surface area contributed by atoms with Crippen LogP contribution in [0.25, 0.3) is 10.9 Å². The van der Waals surface area contributed by atoms with Crippen molar-refractivity contribution in [3.63, 3.8) is 0 Å². The Balaban J connectivity index is 1.62. The minimum Gasteiger partial charge on any atom is -0.481 e. The van der Waals surface area contributed by atoms with Gasteiger partial charge in [-0.1, -0.05) is 44.5 Å². The number of sulfone groups is 1. The van der Waals surface area contributed by atoms with Crippen LogP contribution in [0.5, 0.6) is 0 Å². The molecule has 1 aliphatic rings. The number of aliphatic carboxylic acids is 1. The molecule has 5 rings (SSSR count). The van der Waals surface area contributed by atoms with Gasteiger partial charge in [0, 0.05) is 48.6 Å². The van der Waals surface area contributed by atoms with E-state index in [9.17, 15) is 18.3 Å². The average molecular weight is 674 g/mol. The zero-order valence-electron chi connectivity index (χ0n) is 28.0. The van der Waals surface area contributed by atoms with Crippen LogP contribution in [0.3, 0.4) is 0 Å². The van der Waals surface area contributed by atoms with E-state index in [0.29, 0.717) is 59.7 Å². The Bertz CT molecular complexity index is 2000. The maximum absolute atomic E-state index is 15.7. The van der Waals surface area contributed by atoms with Crippen molar-refractivity contribution in [1.82, 2.24) is 9.97 Å². The first-order valence-electron chi connectivity index (χ1n) is 16.3. The molecule has 2 bridgehead atoms. The first kappa shape index (κ1) is 34.9. The number of aromatic amines is 1. The van der Waals surface area contributed by atoms with Crippen molar-refractivity contribution in [2.24, 2.45) is 21.1 Å². The Morgan fingerprint density at radius 1 is 1.10 bits per heavy atom. The number of aryl methyl sites for hydroxylation is 2. The predicted molar refractivity (Wildman–Crippen MR) is 189 cm³/mol. The number of nitrogens with one attached hydrogen (secondary N) is 1. The number of hydrogen-bond acceptors (Lipinski definition) is 6. The highest BCUT2D eigenvalue weighted by Gasteiger charge is 2.34. The van der Waals surface area contributed by atoms with Crippen molar-refractivity contribution in [2.75, 3.05) is 18.6 Å². The first-order valence-corrected chi connectivity index (χ1v) is 18.1. The lowest BCUT2D eigenvalue weighted by atomic mass is 9.75. The van der Waals surface area contributed by atoms with Crippen molar-refractivity contribution in [3.05, 3.63) is 100 Å². The Labute approximate surface area is 281 Å². The number of H-pyrrole nitrogens is 1. The number of aromatic nitrogens is 2. The molecule has 0 spiro atoms. The van der Waals surface area contributed by atoms with Crippen LogP contribution in [0.2, 0.25) is 0 Å². The van der Waals surface area contributed by atoms with Gasteiger partial charge in [-0.15, -0.1) is 0 Å². The fraction of sp³-hybridized carbons (Fsp3) is 0.405. The van der Waals surface area contributed by atoms with Crippen molar-refractivity contribution >= 4 is 38.4 Å². The second kappa shape index (κ2) is 14.0. The largest absolute Gasteiger partial charge is 0.481 e. The monoisotopic (exact) mass is 673 g/mol. The van der Waals surface area contributed by atoms with E-state index in [-0.39, 0.29) is 30.8 Å². The number of halogens is 1. The Morgan fingerprint density at radius 3 is 2.65 bits per heavy atom. The summed E-state index contributed by atoms with van der Waals surface area (Å²) in [5.74, 6) is -0.740. The summed E-state index contributed by atoms with van der Waals surface area (Å²) in [5, 5.41) is 10.1. The zero-order valence-corrected chi connectivity index (χ0v) is 28.8. The van der Waals surface area contributed by atoms with E-state index in [0.717, 1.165) is 22.1 Å². The third-order valence-electron chi connectivity index (χ3n) is 9.46. The molecule has 1 aliphatic heterocycles. The minimum atomic E-state index is -3.51. The lowest BCUT2D eigenvalue weighted by molar-refractivity contribution is -0.136. The van der Waals surface area contributed by atoms with Gasteiger partial charge in [0.25, 0.3) is 0 Å². The molecule has 0 saturated carbocycles. The van der Waals surface area contributed by atoms with Gasteiger partial charge in [-0.3, -0.25) is 14.8 Å². The maximum atomic E-state index is 15.7. The molecular formula is C37H44FN5O4S. The highest BCUT2D eigenvalue weighted by molar-refractivity contribution is 7.91. The highest BCUT2D eigenvalue weighted by atomic mass is 32.2. The van der Waals surface area contributed by atoms with Crippen LogP contribution in [-0.2, 0) is 39.3 Å². The van der Waals surface area contributed by atoms with Gasteiger partial charge in [-0.2, -0.15) is 0 Å². The summed E-state index contributed by atoms with van der Waals surface area (Å²) in [4.78, 5) is 28.1. The molecule has 4 aromatic rings. The molecule has 9 nitrogen and oxygen atoms in total. The molecule has 0 radical (unpaired) electrons. The predicted octanol–water partition coefficient (Wildman–Crippen LogP) is 6.17. The standard InChI is InChI=1S/C37H44FN5O4S/c1-36(2)14-6-15-37(3,26-8-5-7-24(19-26)9-10-33(44)45)35(39)43-34(40-4)32-21-25(11-16-42-32)20-29-27(13-18-48(46,47)23-36)28-12-17-41-31(28)22-30(29)38/h5,7-8,11-12,16-17,19,21-22,41H,6,9-10,13-15,18,20,23H2,1-4H3,(H,44,45)(H2,39,40,43)/t37-/m1/s1. The molecule has 0 aliphatic carbocycles. The molecule has 0 amide bonds. The van der Waals surface area contributed by atoms with Gasteiger partial charge in [0.2, 0.25) is 0 Å². The fourth-order valence-corrected chi connectivity index (χ4v) is 8.79. The average Bonchev–Trinajstić information content (AvgIpc) is 3.49. The molecular weight excluding hydrogens is 630 g/mol. The van der Waals surface area contributed by atoms with Crippen molar-refractivity contribution in [3.8, 4) is 0 Å². The van der Waals surface area contributed by atoms with Crippen LogP contribution in [0, 0.1) is 11.2 Å². The van der Waals surface area contributed by atoms with E-state index in [1.165, 1.54) is 6.07 Å². The summed E-state index contributed by atoms with van der Waals surface area (Å²) in [6.45, 7) is 5.92. The summed E-state index contributed by atoms with van der Waals surface area (Å²) in [5.41, 5.74) is 10.3. The second-order valence-corrected chi connectivity index (χ2v) is 16.0. The van der Waals surface area contributed by atoms with Crippen LogP contribution in [0.15, 0.2) is 70.9 Å². The van der Waals surface area contributed by atoms with E-state index in [1.54, 1.807) is 25.5 Å². The molecule has 11 heteroatoms. The molecule has 0 saturated heterocycles. The molecule has 1 atom stereocenters. The van der Waals surface area contributed by atoms with Gasteiger partial charge in [-0.05, 0) is 90.1 Å². The lowest BCUT2D eigenvalue weighted by Gasteiger charge is -2.32. The molecule has 254 valence electrons. The van der Waals surface area contributed by atoms with Crippen LogP contribution in [0.4, 0.5) is 4.39 Å². The molecule has 0 unspecified atom stereocenters. The van der Waals surface area contributed by atoms with E-state index in [2.05, 4.69) is 15.0 Å². The van der Waals surface area contributed by atoms with Gasteiger partial charge in [0.05, 0.1) is 11.5 Å². The number of carboxylic acids is 1. The van der Waals surface area contributed by atoms with E-state index < -0.39 is 32.5 Å². The van der Waals surface area contributed by atoms with Gasteiger partial charge >= 0.3 is 5.97 Å². The third kappa shape index (κ3) is 8.01. The number of fused-ring (bicyclic) bond motifs is 5. The van der Waals surface area contributed by atoms with Gasteiger partial charge in [0.1, 0.15) is 17.3 Å². The second-order valence-electron chi connectivity index (χ2n) is 13.8. The number of pyridine rings is 1. The summed E-state index contributed by atoms with van der Waals surface area (Å²) < 4.78 is 42.9. The minimum absolute atomic E-state index is 0.00545. The molecule has 3 heterocycles. The SMILES string of the molecule is CN=C1N=C(N)[C@@](C)(c2cccc(CCC(=O)O)c2)CCCC(C)(C)CS(=O)(=O)CCc2c(c(F)cc3[nH]ccc23)Cc2ccnc1c2. The van der Waals surface area contributed by atoms with Crippen LogP contribution in [-0.4, -0.2) is 59.7 Å². The van der Waals surface area contributed by atoms with E-state index in [1.807, 2.05) is 57.2 Å². The number of amidine groups is 2. The summed E-state index contributed by atoms with van der Waals surface area (Å²) in [7, 11) is -1.88. The van der Waals surface area contributed by atoms with Crippen LogP contribution >= 0.6 is 0 Å². The highest BCUT2D eigenvalue weighted by Crippen LogP contribution is 2.35. The maximum Gasteiger partial charge on any atom is 0.303 e. The quantitative estimate of drug-likeness (QED) is 0.236. The number of hydrogen-bond donors (Lipinski definition) is 3. The van der Waals surface area contributed by atoms with E-state index >= 15 is 4.39 Å². The molecule has 48 heavy (non-hydrogen) atoms. The number of carbonyl (C=O) groups is 1. The molecule has 2 aromatic heterocycles. The fourth-order valence-electron chi connectivity index (χ4n) is 6.79. The summed E-state index contributed by atoms with van der Waals surface area (Å²) in [6.07, 6.45) is 5.99.